The summed E-state index contributed by atoms with van der Waals surface area (Å²) in [6.45, 7) is 13.2. The Balaban J connectivity index is 1.16. The van der Waals surface area contributed by atoms with Crippen molar-refractivity contribution in [3.8, 4) is 5.75 Å². The molecule has 3 fully saturated rings. The summed E-state index contributed by atoms with van der Waals surface area (Å²) in [5.41, 5.74) is 13.8. The third kappa shape index (κ3) is 12.7. The topological polar surface area (TPSA) is 285 Å². The highest BCUT2D eigenvalue weighted by atomic mass is 32.2. The Morgan fingerprint density at radius 3 is 2.17 bits per heavy atom. The molecule has 0 bridgehead atoms. The van der Waals surface area contributed by atoms with E-state index < -0.39 is 86.9 Å². The second-order valence-corrected chi connectivity index (χ2v) is 21.8. The Bertz CT molecular complexity index is 2490. The molecule has 5 atom stereocenters. The second kappa shape index (κ2) is 23.0. The first-order valence-corrected chi connectivity index (χ1v) is 26.4. The van der Waals surface area contributed by atoms with Crippen LogP contribution in [0.4, 0.5) is 0 Å². The van der Waals surface area contributed by atoms with Crippen molar-refractivity contribution in [3.05, 3.63) is 70.8 Å². The number of hydrogen-bond donors (Lipinski definition) is 7. The van der Waals surface area contributed by atoms with Crippen molar-refractivity contribution in [2.75, 3.05) is 19.6 Å². The molecule has 0 unspecified atom stereocenters. The molecule has 9 N–H and O–H groups in total. The molecule has 1 saturated carbocycles. The van der Waals surface area contributed by atoms with Gasteiger partial charge in [-0.2, -0.15) is 0 Å². The Kier molecular flexibility index (Phi) is 17.6. The van der Waals surface area contributed by atoms with Crippen LogP contribution in [0.2, 0.25) is 0 Å². The molecule has 0 radical (unpaired) electrons. The van der Waals surface area contributed by atoms with Crippen molar-refractivity contribution in [2.45, 2.75) is 177 Å². The molecule has 20 heteroatoms. The first-order valence-electron chi connectivity index (χ1n) is 24.9. The molecule has 3 heterocycles. The Morgan fingerprint density at radius 1 is 0.887 bits per heavy atom. The van der Waals surface area contributed by atoms with E-state index in [1.54, 1.807) is 19.9 Å². The Morgan fingerprint density at radius 2 is 1.52 bits per heavy atom. The van der Waals surface area contributed by atoms with Crippen LogP contribution in [0.25, 0.3) is 0 Å². The van der Waals surface area contributed by atoms with Crippen LogP contribution in [-0.2, 0) is 51.6 Å². The Hall–Kier alpha value is -6.02. The number of rotatable bonds is 21. The number of hydrogen-bond acceptors (Lipinski definition) is 11. The fourth-order valence-corrected chi connectivity index (χ4v) is 12.1. The number of carbonyl (C=O) groups is 6. The van der Waals surface area contributed by atoms with Crippen LogP contribution in [0.5, 0.6) is 5.75 Å². The summed E-state index contributed by atoms with van der Waals surface area (Å²) in [4.78, 5) is 90.2. The minimum Gasteiger partial charge on any atom is -0.487 e. The lowest BCUT2D eigenvalue weighted by Gasteiger charge is -2.35. The average molecular weight is 1000 g/mol. The zero-order valence-electron chi connectivity index (χ0n) is 41.8. The average Bonchev–Trinajstić information content (AvgIpc) is 4.16. The molecule has 3 aliphatic heterocycles. The summed E-state index contributed by atoms with van der Waals surface area (Å²) >= 11 is 0. The lowest BCUT2D eigenvalue weighted by Crippen LogP contribution is -2.64. The summed E-state index contributed by atoms with van der Waals surface area (Å²) in [6.07, 6.45) is 7.46. The van der Waals surface area contributed by atoms with E-state index in [4.69, 9.17) is 16.2 Å². The maximum atomic E-state index is 14.6. The van der Waals surface area contributed by atoms with E-state index in [0.717, 1.165) is 11.1 Å². The third-order valence-corrected chi connectivity index (χ3v) is 16.0. The number of carboxylic acid groups (broad SMARTS) is 1. The molecule has 0 aromatic heterocycles. The number of aliphatic imine (C=N–C) groups is 1. The molecule has 1 aliphatic carbocycles. The van der Waals surface area contributed by atoms with Crippen LogP contribution in [0.3, 0.4) is 0 Å². The number of carbonyl (C=O) groups excluding carboxylic acids is 5. The van der Waals surface area contributed by atoms with Crippen molar-refractivity contribution in [2.24, 2.45) is 16.5 Å². The van der Waals surface area contributed by atoms with Crippen molar-refractivity contribution < 1.29 is 47.0 Å². The molecule has 2 aromatic carbocycles. The van der Waals surface area contributed by atoms with Crippen molar-refractivity contribution in [1.29, 1.82) is 0 Å². The number of benzene rings is 2. The standard InChI is InChI=1S/C51H73N9O10S/c1-7-8-10-20-36(52)43(61)55-38(29-34-18-11-9-12-19-34)46(64)59-27-16-22-39(59)44(62)57-51(24-13-14-25-51)48(67)56-37(45(63)60-28-17-23-40(60)47(65)66)21-15-26-54-49(53)58-71(68,69)42-32(3)31(2)41-35(33(42)4)30-50(5,6)70-41/h7,9,11-12,18-19,36-40H,1,8,10,13-17,20-30,52H2,2-6H3,(H,55,61)(H,56,67)(H,57,62)(H,65,66)(H3,53,54,58)/t36-,37-,38-,39-,40-/m0/s1. The second-order valence-electron chi connectivity index (χ2n) is 20.2. The maximum Gasteiger partial charge on any atom is 0.326 e. The van der Waals surface area contributed by atoms with Gasteiger partial charge in [-0.3, -0.25) is 29.0 Å². The van der Waals surface area contributed by atoms with Gasteiger partial charge in [0.2, 0.25) is 35.5 Å². The number of nitrogens with two attached hydrogens (primary N) is 2. The predicted molar refractivity (Wildman–Crippen MR) is 268 cm³/mol. The number of sulfonamides is 1. The van der Waals surface area contributed by atoms with Crippen LogP contribution in [-0.4, -0.2) is 126 Å². The monoisotopic (exact) mass is 1000 g/mol. The van der Waals surface area contributed by atoms with Gasteiger partial charge in [0.15, 0.2) is 0 Å². The summed E-state index contributed by atoms with van der Waals surface area (Å²) < 4.78 is 36.2. The minimum atomic E-state index is -4.20. The molecule has 2 aromatic rings. The molecule has 4 aliphatic rings. The molecular formula is C51H73N9O10S. The number of carboxylic acids is 1. The summed E-state index contributed by atoms with van der Waals surface area (Å²) in [5, 5.41) is 18.7. The van der Waals surface area contributed by atoms with Gasteiger partial charge in [-0.25, -0.2) is 17.9 Å². The zero-order chi connectivity index (χ0) is 51.8. The van der Waals surface area contributed by atoms with Crippen molar-refractivity contribution in [1.82, 2.24) is 30.5 Å². The molecule has 19 nitrogen and oxygen atoms in total. The summed E-state index contributed by atoms with van der Waals surface area (Å²) in [7, 11) is -4.20. The van der Waals surface area contributed by atoms with Gasteiger partial charge in [0.1, 0.15) is 41.1 Å². The number of likely N-dealkylation sites (tertiary alicyclic amines) is 2. The van der Waals surface area contributed by atoms with Crippen molar-refractivity contribution in [3.63, 3.8) is 0 Å². The molecule has 71 heavy (non-hydrogen) atoms. The van der Waals surface area contributed by atoms with Gasteiger partial charge in [0.05, 0.1) is 10.9 Å². The number of nitrogens with one attached hydrogen (secondary N) is 4. The number of allylic oxidation sites excluding steroid dienone is 1. The molecule has 6 rings (SSSR count). The van der Waals surface area contributed by atoms with Crippen LogP contribution < -0.4 is 36.9 Å². The molecule has 2 saturated heterocycles. The maximum absolute atomic E-state index is 14.6. The first kappa shape index (κ1) is 54.3. The quantitative estimate of drug-likeness (QED) is 0.0411. The summed E-state index contributed by atoms with van der Waals surface area (Å²) in [5.74, 6) is -3.57. The number of aliphatic carboxylic acids is 1. The van der Waals surface area contributed by atoms with E-state index in [0.29, 0.717) is 80.2 Å². The number of nitrogens with zero attached hydrogens (tertiary/aromatic N) is 3. The van der Waals surface area contributed by atoms with E-state index in [-0.39, 0.29) is 69.0 Å². The van der Waals surface area contributed by atoms with Gasteiger partial charge in [-0.05, 0) is 128 Å². The molecule has 388 valence electrons. The smallest absolute Gasteiger partial charge is 0.326 e. The van der Waals surface area contributed by atoms with E-state index >= 15 is 0 Å². The highest BCUT2D eigenvalue weighted by Gasteiger charge is 2.48. The summed E-state index contributed by atoms with van der Waals surface area (Å²) in [6, 6.07) is 4.05. The third-order valence-electron chi connectivity index (χ3n) is 14.4. The fraction of sp³-hybridized carbons (Fsp3) is 0.588. The predicted octanol–water partition coefficient (Wildman–Crippen LogP) is 3.09. The van der Waals surface area contributed by atoms with Gasteiger partial charge >= 0.3 is 5.97 Å². The molecule has 5 amide bonds. The number of guanidine groups is 1. The lowest BCUT2D eigenvalue weighted by molar-refractivity contribution is -0.150. The number of unbranched alkanes of at least 4 members (excludes halogenated alkanes) is 1. The number of ether oxygens (including phenoxy) is 1. The van der Waals surface area contributed by atoms with E-state index in [1.807, 2.05) is 51.1 Å². The van der Waals surface area contributed by atoms with Gasteiger partial charge in [0, 0.05) is 38.0 Å². The normalized spacial score (nSPS) is 20.6. The molecular weight excluding hydrogens is 931 g/mol. The van der Waals surface area contributed by atoms with Crippen molar-refractivity contribution >= 4 is 51.5 Å². The van der Waals surface area contributed by atoms with Crippen LogP contribution in [0.1, 0.15) is 125 Å². The van der Waals surface area contributed by atoms with E-state index in [9.17, 15) is 42.3 Å². The minimum absolute atomic E-state index is 0.0175. The Labute approximate surface area is 417 Å². The van der Waals surface area contributed by atoms with Gasteiger partial charge in [-0.15, -0.1) is 6.58 Å². The van der Waals surface area contributed by atoms with E-state index in [1.165, 1.54) is 9.80 Å². The number of amides is 5. The van der Waals surface area contributed by atoms with Gasteiger partial charge in [-0.1, -0.05) is 49.2 Å². The van der Waals surface area contributed by atoms with Gasteiger partial charge in [0.25, 0.3) is 10.0 Å². The molecule has 0 spiro atoms. The first-order chi connectivity index (χ1) is 33.6. The zero-order valence-corrected chi connectivity index (χ0v) is 42.6. The lowest BCUT2D eigenvalue weighted by atomic mass is 9.94. The highest BCUT2D eigenvalue weighted by molar-refractivity contribution is 7.90. The largest absolute Gasteiger partial charge is 0.487 e. The van der Waals surface area contributed by atoms with Crippen LogP contribution in [0, 0.1) is 20.8 Å². The van der Waals surface area contributed by atoms with Crippen LogP contribution in [0.15, 0.2) is 52.9 Å². The fourth-order valence-electron chi connectivity index (χ4n) is 10.6. The van der Waals surface area contributed by atoms with Gasteiger partial charge < -0.3 is 47.1 Å². The van der Waals surface area contributed by atoms with E-state index in [2.05, 4.69) is 32.2 Å². The SMILES string of the molecule is C=CCCC[C@H](N)C(=O)N[C@@H](Cc1ccccc1)C(=O)N1CCC[C@H]1C(=O)NC1(C(=O)N[C@@H](CCCN=C(N)NS(=O)(=O)c2c(C)c(C)c3c(c2C)CC(C)(C)O3)C(=O)N2CCC[C@H]2C(=O)O)CCCC1. The number of fused-ring (bicyclic) bond motifs is 1. The van der Waals surface area contributed by atoms with Crippen LogP contribution >= 0.6 is 0 Å². The highest BCUT2D eigenvalue weighted by Crippen LogP contribution is 2.44.